The minimum atomic E-state index is -0.0184. The number of halogens is 1. The van der Waals surface area contributed by atoms with Gasteiger partial charge in [0.25, 0.3) is 0 Å². The Balaban J connectivity index is 1.48. The summed E-state index contributed by atoms with van der Waals surface area (Å²) in [6, 6.07) is 20.0. The molecule has 0 spiro atoms. The van der Waals surface area contributed by atoms with Crippen LogP contribution in [0.2, 0.25) is 0 Å². The third-order valence-electron chi connectivity index (χ3n) is 5.18. The molecule has 6 nitrogen and oxygen atoms in total. The zero-order valence-electron chi connectivity index (χ0n) is 17.5. The number of carbonyl (C=O) groups excluding carboxylic acids is 1. The highest BCUT2D eigenvalue weighted by atomic mass is 79.9. The molecule has 0 saturated carbocycles. The number of nitrogens with one attached hydrogen (secondary N) is 1. The Bertz CT molecular complexity index is 1180. The largest absolute Gasteiger partial charge is 0.352 e. The van der Waals surface area contributed by atoms with Gasteiger partial charge in [0.2, 0.25) is 5.91 Å². The van der Waals surface area contributed by atoms with Gasteiger partial charge in [-0.25, -0.2) is 4.68 Å². The van der Waals surface area contributed by atoms with Crippen LogP contribution in [-0.2, 0) is 17.9 Å². The van der Waals surface area contributed by atoms with E-state index in [4.69, 9.17) is 5.10 Å². The number of para-hydroxylation sites is 1. The normalized spacial score (nSPS) is 10.9. The molecule has 1 N–H and O–H groups in total. The fourth-order valence-corrected chi connectivity index (χ4v) is 3.76. The SMILES string of the molecule is Cc1nn(CCC(=O)NCc2cn(-c3ccccc3)nc2-c2ccccc2)c(C)c1Br. The monoisotopic (exact) mass is 477 g/mol. The molecule has 0 aliphatic heterocycles. The standard InChI is InChI=1S/C24H24BrN5O/c1-17-23(25)18(2)29(27-17)14-13-22(31)26-15-20-16-30(21-11-7-4-8-12-21)28-24(20)19-9-5-3-6-10-19/h3-12,16H,13-15H2,1-2H3,(H,26,31). The van der Waals surface area contributed by atoms with Crippen molar-refractivity contribution in [2.24, 2.45) is 0 Å². The summed E-state index contributed by atoms with van der Waals surface area (Å²) in [6.45, 7) is 4.89. The van der Waals surface area contributed by atoms with Gasteiger partial charge in [-0.05, 0) is 41.9 Å². The van der Waals surface area contributed by atoms with Crippen molar-refractivity contribution in [3.8, 4) is 16.9 Å². The molecule has 0 aliphatic rings. The predicted octanol–water partition coefficient (Wildman–Crippen LogP) is 4.82. The van der Waals surface area contributed by atoms with Crippen LogP contribution in [0.25, 0.3) is 16.9 Å². The molecule has 31 heavy (non-hydrogen) atoms. The molecular weight excluding hydrogens is 454 g/mol. The maximum Gasteiger partial charge on any atom is 0.222 e. The molecule has 2 heterocycles. The van der Waals surface area contributed by atoms with Gasteiger partial charge in [-0.15, -0.1) is 0 Å². The molecule has 2 aromatic carbocycles. The number of aryl methyl sites for hydroxylation is 2. The third kappa shape index (κ3) is 4.77. The van der Waals surface area contributed by atoms with E-state index in [1.165, 1.54) is 0 Å². The van der Waals surface area contributed by atoms with E-state index >= 15 is 0 Å². The van der Waals surface area contributed by atoms with Crippen LogP contribution >= 0.6 is 15.9 Å². The summed E-state index contributed by atoms with van der Waals surface area (Å²) in [4.78, 5) is 12.5. The smallest absolute Gasteiger partial charge is 0.222 e. The second kappa shape index (κ2) is 9.31. The summed E-state index contributed by atoms with van der Waals surface area (Å²) in [5.41, 5.74) is 5.80. The van der Waals surface area contributed by atoms with E-state index in [0.717, 1.165) is 38.4 Å². The summed E-state index contributed by atoms with van der Waals surface area (Å²) >= 11 is 3.53. The Labute approximate surface area is 190 Å². The molecule has 0 radical (unpaired) electrons. The van der Waals surface area contributed by atoms with Crippen LogP contribution < -0.4 is 5.32 Å². The van der Waals surface area contributed by atoms with E-state index in [9.17, 15) is 4.79 Å². The zero-order chi connectivity index (χ0) is 21.8. The van der Waals surface area contributed by atoms with E-state index in [1.54, 1.807) is 0 Å². The maximum atomic E-state index is 12.5. The first-order chi connectivity index (χ1) is 15.0. The van der Waals surface area contributed by atoms with Gasteiger partial charge in [0.1, 0.15) is 0 Å². The third-order valence-corrected chi connectivity index (χ3v) is 6.33. The Morgan fingerprint density at radius 1 is 1.00 bits per heavy atom. The summed E-state index contributed by atoms with van der Waals surface area (Å²) < 4.78 is 4.72. The van der Waals surface area contributed by atoms with Gasteiger partial charge >= 0.3 is 0 Å². The van der Waals surface area contributed by atoms with Crippen LogP contribution in [0.15, 0.2) is 71.3 Å². The molecule has 0 bridgehead atoms. The predicted molar refractivity (Wildman–Crippen MR) is 125 cm³/mol. The number of rotatable bonds is 7. The van der Waals surface area contributed by atoms with Gasteiger partial charge in [-0.1, -0.05) is 48.5 Å². The number of nitrogens with zero attached hydrogens (tertiary/aromatic N) is 4. The molecule has 0 atom stereocenters. The maximum absolute atomic E-state index is 12.5. The molecule has 7 heteroatoms. The zero-order valence-corrected chi connectivity index (χ0v) is 19.1. The average Bonchev–Trinajstić information content (AvgIpc) is 3.34. The average molecular weight is 478 g/mol. The van der Waals surface area contributed by atoms with Crippen molar-refractivity contribution in [1.29, 1.82) is 0 Å². The number of carbonyl (C=O) groups is 1. The van der Waals surface area contributed by atoms with Gasteiger partial charge in [-0.2, -0.15) is 10.2 Å². The van der Waals surface area contributed by atoms with Gasteiger partial charge in [0.05, 0.1) is 28.1 Å². The minimum Gasteiger partial charge on any atom is -0.352 e. The Kier molecular flexibility index (Phi) is 6.32. The van der Waals surface area contributed by atoms with E-state index in [0.29, 0.717) is 19.5 Å². The van der Waals surface area contributed by atoms with Crippen LogP contribution in [0.5, 0.6) is 0 Å². The van der Waals surface area contributed by atoms with Crippen LogP contribution in [0.4, 0.5) is 0 Å². The van der Waals surface area contributed by atoms with Crippen molar-refractivity contribution >= 4 is 21.8 Å². The number of hydrogen-bond acceptors (Lipinski definition) is 3. The van der Waals surface area contributed by atoms with Crippen molar-refractivity contribution in [2.45, 2.75) is 33.4 Å². The molecule has 0 unspecified atom stereocenters. The fraction of sp³-hybridized carbons (Fsp3) is 0.208. The lowest BCUT2D eigenvalue weighted by Crippen LogP contribution is -2.24. The summed E-state index contributed by atoms with van der Waals surface area (Å²) in [6.07, 6.45) is 2.35. The lowest BCUT2D eigenvalue weighted by molar-refractivity contribution is -0.121. The molecule has 158 valence electrons. The van der Waals surface area contributed by atoms with Crippen LogP contribution in [0.1, 0.15) is 23.4 Å². The summed E-state index contributed by atoms with van der Waals surface area (Å²) in [5.74, 6) is -0.0184. The quantitative estimate of drug-likeness (QED) is 0.414. The second-order valence-corrected chi connectivity index (χ2v) is 8.18. The Morgan fingerprint density at radius 3 is 2.32 bits per heavy atom. The van der Waals surface area contributed by atoms with E-state index in [-0.39, 0.29) is 5.91 Å². The summed E-state index contributed by atoms with van der Waals surface area (Å²) in [5, 5.41) is 12.3. The molecule has 4 rings (SSSR count). The van der Waals surface area contributed by atoms with Crippen molar-refractivity contribution in [1.82, 2.24) is 24.9 Å². The van der Waals surface area contributed by atoms with Gasteiger partial charge in [-0.3, -0.25) is 9.48 Å². The second-order valence-electron chi connectivity index (χ2n) is 7.38. The minimum absolute atomic E-state index is 0.0184. The molecule has 0 aliphatic carbocycles. The number of aromatic nitrogens is 4. The van der Waals surface area contributed by atoms with E-state index < -0.39 is 0 Å². The molecule has 2 aromatic heterocycles. The number of benzene rings is 2. The van der Waals surface area contributed by atoms with Crippen molar-refractivity contribution in [3.05, 3.63) is 88.3 Å². The van der Waals surface area contributed by atoms with Crippen LogP contribution in [0, 0.1) is 13.8 Å². The van der Waals surface area contributed by atoms with Gasteiger partial charge in [0.15, 0.2) is 0 Å². The lowest BCUT2D eigenvalue weighted by atomic mass is 10.1. The summed E-state index contributed by atoms with van der Waals surface area (Å²) in [7, 11) is 0. The number of amides is 1. The highest BCUT2D eigenvalue weighted by Gasteiger charge is 2.14. The van der Waals surface area contributed by atoms with E-state index in [2.05, 4.69) is 26.3 Å². The first-order valence-electron chi connectivity index (χ1n) is 10.2. The van der Waals surface area contributed by atoms with E-state index in [1.807, 2.05) is 90.1 Å². The fourth-order valence-electron chi connectivity index (χ4n) is 3.47. The van der Waals surface area contributed by atoms with Crippen LogP contribution in [-0.4, -0.2) is 25.5 Å². The van der Waals surface area contributed by atoms with Gasteiger partial charge < -0.3 is 5.32 Å². The topological polar surface area (TPSA) is 64.7 Å². The first-order valence-corrected chi connectivity index (χ1v) is 11.0. The van der Waals surface area contributed by atoms with Crippen molar-refractivity contribution in [3.63, 3.8) is 0 Å². The molecule has 0 saturated heterocycles. The van der Waals surface area contributed by atoms with Crippen LogP contribution in [0.3, 0.4) is 0 Å². The molecule has 4 aromatic rings. The van der Waals surface area contributed by atoms with Crippen molar-refractivity contribution < 1.29 is 4.79 Å². The molecule has 0 fully saturated rings. The molecular formula is C24H24BrN5O. The molecule has 1 amide bonds. The van der Waals surface area contributed by atoms with Gasteiger partial charge in [0, 0.05) is 36.0 Å². The number of hydrogen-bond donors (Lipinski definition) is 1. The lowest BCUT2D eigenvalue weighted by Gasteiger charge is -2.07. The van der Waals surface area contributed by atoms with Crippen molar-refractivity contribution in [2.75, 3.05) is 0 Å². The highest BCUT2D eigenvalue weighted by Crippen LogP contribution is 2.24. The Hall–Kier alpha value is -3.19. The highest BCUT2D eigenvalue weighted by molar-refractivity contribution is 9.10. The Morgan fingerprint density at radius 2 is 1.68 bits per heavy atom. The first kappa shape index (κ1) is 21.1.